The number of ether oxygens (including phenoxy) is 1. The molecule has 3 aliphatic rings. The number of hydrogen-bond donors (Lipinski definition) is 2. The number of halogens is 1. The smallest absolute Gasteiger partial charge is 0.223 e. The summed E-state index contributed by atoms with van der Waals surface area (Å²) in [5, 5.41) is 6.51. The topological polar surface area (TPSA) is 50.4 Å². The average Bonchev–Trinajstić information content (AvgIpc) is 3.12. The molecular weight excluding hydrogens is 240 g/mol. The molecule has 3 atom stereocenters. The van der Waals surface area contributed by atoms with Crippen LogP contribution in [-0.4, -0.2) is 37.7 Å². The van der Waals surface area contributed by atoms with Crippen molar-refractivity contribution >= 4 is 18.3 Å². The Balaban J connectivity index is 0.00000108. The zero-order valence-electron chi connectivity index (χ0n) is 9.98. The van der Waals surface area contributed by atoms with E-state index >= 15 is 0 Å². The van der Waals surface area contributed by atoms with Gasteiger partial charge in [0.2, 0.25) is 5.91 Å². The van der Waals surface area contributed by atoms with Gasteiger partial charge in [-0.15, -0.1) is 12.4 Å². The number of fused-ring (bicyclic) bond motifs is 1. The van der Waals surface area contributed by atoms with E-state index in [0.717, 1.165) is 32.5 Å². The number of carbonyl (C=O) groups is 1. The van der Waals surface area contributed by atoms with Crippen molar-refractivity contribution in [3.63, 3.8) is 0 Å². The Bertz CT molecular complexity index is 282. The molecule has 1 amide bonds. The number of hydrogen-bond acceptors (Lipinski definition) is 3. The molecule has 2 heterocycles. The highest BCUT2D eigenvalue weighted by molar-refractivity contribution is 5.85. The third-order valence-corrected chi connectivity index (χ3v) is 4.00. The van der Waals surface area contributed by atoms with Crippen LogP contribution in [0.3, 0.4) is 0 Å². The van der Waals surface area contributed by atoms with E-state index in [2.05, 4.69) is 10.6 Å². The summed E-state index contributed by atoms with van der Waals surface area (Å²) in [4.78, 5) is 12.1. The molecule has 0 aromatic rings. The standard InChI is InChI=1S/C12H20N2O2.ClH/c15-12(14-8-1-2-8)9-4-6-16-11-3-5-13-7-10(9)11;/h8-11,13H,1-7H2,(H,14,15);1H/t9-,10-,11-;/m1./s1. The fourth-order valence-electron chi connectivity index (χ4n) is 2.89. The van der Waals surface area contributed by atoms with Crippen LogP contribution in [0.15, 0.2) is 0 Å². The lowest BCUT2D eigenvalue weighted by molar-refractivity contribution is -0.137. The predicted octanol–water partition coefficient (Wildman–Crippen LogP) is 0.701. The molecule has 0 unspecified atom stereocenters. The lowest BCUT2D eigenvalue weighted by Crippen LogP contribution is -2.52. The van der Waals surface area contributed by atoms with E-state index in [-0.39, 0.29) is 24.2 Å². The monoisotopic (exact) mass is 260 g/mol. The van der Waals surface area contributed by atoms with Gasteiger partial charge >= 0.3 is 0 Å². The quantitative estimate of drug-likeness (QED) is 0.769. The Morgan fingerprint density at radius 3 is 2.82 bits per heavy atom. The highest BCUT2D eigenvalue weighted by Gasteiger charge is 2.40. The summed E-state index contributed by atoms with van der Waals surface area (Å²) in [7, 11) is 0. The number of rotatable bonds is 2. The molecule has 17 heavy (non-hydrogen) atoms. The van der Waals surface area contributed by atoms with E-state index in [1.807, 2.05) is 0 Å². The largest absolute Gasteiger partial charge is 0.378 e. The normalized spacial score (nSPS) is 36.6. The van der Waals surface area contributed by atoms with Gasteiger partial charge in [0.1, 0.15) is 0 Å². The lowest BCUT2D eigenvalue weighted by Gasteiger charge is -2.40. The van der Waals surface area contributed by atoms with E-state index in [9.17, 15) is 4.79 Å². The average molecular weight is 261 g/mol. The van der Waals surface area contributed by atoms with Gasteiger partial charge < -0.3 is 15.4 Å². The molecule has 0 aromatic heterocycles. The van der Waals surface area contributed by atoms with E-state index < -0.39 is 0 Å². The van der Waals surface area contributed by atoms with Crippen LogP contribution in [0.25, 0.3) is 0 Å². The number of nitrogens with one attached hydrogen (secondary N) is 2. The molecule has 0 aromatic carbocycles. The van der Waals surface area contributed by atoms with Gasteiger partial charge in [-0.25, -0.2) is 0 Å². The third kappa shape index (κ3) is 2.92. The third-order valence-electron chi connectivity index (χ3n) is 4.00. The first kappa shape index (κ1) is 13.1. The summed E-state index contributed by atoms with van der Waals surface area (Å²) in [6.07, 6.45) is 4.59. The molecule has 2 N–H and O–H groups in total. The highest BCUT2D eigenvalue weighted by atomic mass is 35.5. The fourth-order valence-corrected chi connectivity index (χ4v) is 2.89. The molecule has 3 fully saturated rings. The van der Waals surface area contributed by atoms with Crippen molar-refractivity contribution in [2.45, 2.75) is 37.8 Å². The van der Waals surface area contributed by atoms with Gasteiger partial charge in [0.05, 0.1) is 6.10 Å². The molecule has 1 saturated carbocycles. The van der Waals surface area contributed by atoms with Crippen LogP contribution in [-0.2, 0) is 9.53 Å². The molecule has 5 heteroatoms. The Kier molecular flexibility index (Phi) is 4.28. The Morgan fingerprint density at radius 2 is 2.06 bits per heavy atom. The van der Waals surface area contributed by atoms with Crippen LogP contribution < -0.4 is 10.6 Å². The van der Waals surface area contributed by atoms with Gasteiger partial charge in [-0.2, -0.15) is 0 Å². The second-order valence-electron chi connectivity index (χ2n) is 5.24. The van der Waals surface area contributed by atoms with Crippen molar-refractivity contribution in [1.29, 1.82) is 0 Å². The van der Waals surface area contributed by atoms with Crippen molar-refractivity contribution < 1.29 is 9.53 Å². The van der Waals surface area contributed by atoms with Gasteiger partial charge in [0.15, 0.2) is 0 Å². The maximum absolute atomic E-state index is 12.1. The van der Waals surface area contributed by atoms with Gasteiger partial charge in [0.25, 0.3) is 0 Å². The van der Waals surface area contributed by atoms with Gasteiger partial charge in [-0.1, -0.05) is 0 Å². The Labute approximate surface area is 108 Å². The Morgan fingerprint density at radius 1 is 1.24 bits per heavy atom. The minimum absolute atomic E-state index is 0. The Hall–Kier alpha value is -0.320. The highest BCUT2D eigenvalue weighted by Crippen LogP contribution is 2.31. The SMILES string of the molecule is Cl.O=C(NC1CC1)[C@@H]1CCO[C@@H]2CCNC[C@@H]21. The zero-order chi connectivity index (χ0) is 11.0. The summed E-state index contributed by atoms with van der Waals surface area (Å²) in [5.41, 5.74) is 0. The van der Waals surface area contributed by atoms with Gasteiger partial charge in [0, 0.05) is 31.0 Å². The first-order valence-corrected chi connectivity index (χ1v) is 6.47. The van der Waals surface area contributed by atoms with Crippen LogP contribution in [0, 0.1) is 11.8 Å². The van der Waals surface area contributed by atoms with E-state index in [1.165, 1.54) is 12.8 Å². The second-order valence-corrected chi connectivity index (χ2v) is 5.24. The minimum Gasteiger partial charge on any atom is -0.378 e. The molecule has 1 aliphatic carbocycles. The molecule has 98 valence electrons. The summed E-state index contributed by atoms with van der Waals surface area (Å²) < 4.78 is 5.76. The summed E-state index contributed by atoms with van der Waals surface area (Å²) in [5.74, 6) is 0.831. The molecular formula is C12H21ClN2O2. The van der Waals surface area contributed by atoms with Crippen molar-refractivity contribution in [1.82, 2.24) is 10.6 Å². The maximum Gasteiger partial charge on any atom is 0.223 e. The van der Waals surface area contributed by atoms with Crippen molar-refractivity contribution in [2.24, 2.45) is 11.8 Å². The van der Waals surface area contributed by atoms with Crippen LogP contribution in [0.5, 0.6) is 0 Å². The van der Waals surface area contributed by atoms with Gasteiger partial charge in [-0.05, 0) is 32.2 Å². The molecule has 4 nitrogen and oxygen atoms in total. The second kappa shape index (κ2) is 5.55. The number of piperidine rings is 1. The van der Waals surface area contributed by atoms with E-state index in [0.29, 0.717) is 18.1 Å². The molecule has 2 aliphatic heterocycles. The van der Waals surface area contributed by atoms with Crippen molar-refractivity contribution in [2.75, 3.05) is 19.7 Å². The number of carbonyl (C=O) groups excluding carboxylic acids is 1. The minimum atomic E-state index is 0. The van der Waals surface area contributed by atoms with Crippen LogP contribution in [0.2, 0.25) is 0 Å². The van der Waals surface area contributed by atoms with Crippen molar-refractivity contribution in [3.8, 4) is 0 Å². The van der Waals surface area contributed by atoms with Gasteiger partial charge in [-0.3, -0.25) is 4.79 Å². The maximum atomic E-state index is 12.1. The fraction of sp³-hybridized carbons (Fsp3) is 0.917. The van der Waals surface area contributed by atoms with Crippen LogP contribution >= 0.6 is 12.4 Å². The molecule has 0 spiro atoms. The molecule has 0 bridgehead atoms. The lowest BCUT2D eigenvalue weighted by atomic mass is 9.79. The van der Waals surface area contributed by atoms with E-state index in [1.54, 1.807) is 0 Å². The van der Waals surface area contributed by atoms with E-state index in [4.69, 9.17) is 4.74 Å². The molecule has 0 radical (unpaired) electrons. The predicted molar refractivity (Wildman–Crippen MR) is 67.2 cm³/mol. The van der Waals surface area contributed by atoms with Crippen molar-refractivity contribution in [3.05, 3.63) is 0 Å². The molecule has 3 rings (SSSR count). The zero-order valence-corrected chi connectivity index (χ0v) is 10.8. The van der Waals surface area contributed by atoms with Crippen LogP contribution in [0.4, 0.5) is 0 Å². The summed E-state index contributed by atoms with van der Waals surface area (Å²) in [6, 6.07) is 0.477. The molecule has 2 saturated heterocycles. The summed E-state index contributed by atoms with van der Waals surface area (Å²) >= 11 is 0. The van der Waals surface area contributed by atoms with Crippen LogP contribution in [0.1, 0.15) is 25.7 Å². The first-order valence-electron chi connectivity index (χ1n) is 6.47. The summed E-state index contributed by atoms with van der Waals surface area (Å²) in [6.45, 7) is 2.72. The first-order chi connectivity index (χ1) is 7.84. The number of amides is 1.